The number of aliphatic hydroxyl groups is 8. The van der Waals surface area contributed by atoms with E-state index in [1.165, 1.54) is 23.4 Å². The molecule has 0 bridgehead atoms. The van der Waals surface area contributed by atoms with Crippen LogP contribution in [-0.2, 0) is 50.6 Å². The zero-order chi connectivity index (χ0) is 44.3. The number of anilines is 1. The van der Waals surface area contributed by atoms with E-state index < -0.39 is 128 Å². The molecule has 4 aliphatic rings. The van der Waals surface area contributed by atoms with Gasteiger partial charge in [0.25, 0.3) is 0 Å². The molecule has 2 aromatic heterocycles. The number of nitrogen functional groups attached to an aromatic ring is 1. The second-order valence-corrected chi connectivity index (χ2v) is 17.9. The number of hydrogen-bond acceptors (Lipinski definition) is 24. The standard InChI is InChI=1S/C27H40N7O23P3/c28-20-13-22(31-8-30-20)34(9-32-13)24-17(56-58(44,45)46)19(40)26(55-24,25(42)27(43)18(39)14(36)11(35)5-51-27)7-53-60(49,50)57-59(47,48)52-6-12-15(37)16(38)23(54-12)33-3-1-2-10(4-33)21(29)41/h1,3-4,8-9,11-12,14-19,23-25,35-40,42-43H,2,5-7H2,(H2,29,41)(H,47,48)(H,49,50)(H2,28,30,31)(H2,44,45,46)/t11-,12-,14-,15?,16?,17-,18+,19+,23?,24-,25?,26-,27-/m1/s1. The van der Waals surface area contributed by atoms with E-state index in [1.807, 2.05) is 0 Å². The maximum absolute atomic E-state index is 13.2. The number of phosphoric acid groups is 3. The summed E-state index contributed by atoms with van der Waals surface area (Å²) in [6, 6.07) is 0. The Morgan fingerprint density at radius 3 is 2.32 bits per heavy atom. The molecule has 30 nitrogen and oxygen atoms in total. The number of phosphoric ester groups is 3. The first-order valence-corrected chi connectivity index (χ1v) is 21.6. The zero-order valence-corrected chi connectivity index (χ0v) is 32.8. The summed E-state index contributed by atoms with van der Waals surface area (Å²) in [7, 11) is -17.6. The number of aromatic nitrogens is 4. The molecule has 0 spiro atoms. The van der Waals surface area contributed by atoms with E-state index in [4.69, 9.17) is 39.2 Å². The van der Waals surface area contributed by atoms with Crippen LogP contribution in [0.25, 0.3) is 11.2 Å². The van der Waals surface area contributed by atoms with Gasteiger partial charge in [-0.1, -0.05) is 6.08 Å². The summed E-state index contributed by atoms with van der Waals surface area (Å²) in [6.07, 6.45) is -17.9. The SMILES string of the molecule is NC(=O)C1=CN(C2O[C@H](COP(=O)(O)OP(=O)(O)OC[C@@]3(C(O)[C@]4(O)OC[C@@H](O)[C@@H](O)[C@@H]4O)O[C@@H](n4cnc5c(N)ncnc54)[C@H](OP(=O)(O)O)[C@@H]3O)C(O)C2O)C=CC1. The molecular weight excluding hydrogens is 883 g/mol. The fraction of sp³-hybridized carbons (Fsp3) is 0.630. The first-order chi connectivity index (χ1) is 27.8. The van der Waals surface area contributed by atoms with Crippen LogP contribution in [0.5, 0.6) is 0 Å². The van der Waals surface area contributed by atoms with Gasteiger partial charge in [-0.15, -0.1) is 0 Å². The van der Waals surface area contributed by atoms with Gasteiger partial charge in [0.05, 0.1) is 26.1 Å². The normalized spacial score (nSPS) is 37.5. The number of allylic oxidation sites excluding steroid dienone is 1. The zero-order valence-electron chi connectivity index (χ0n) is 30.2. The summed E-state index contributed by atoms with van der Waals surface area (Å²) in [6.45, 7) is -3.98. The van der Waals surface area contributed by atoms with Crippen LogP contribution in [0.15, 0.2) is 36.7 Å². The van der Waals surface area contributed by atoms with Gasteiger partial charge < -0.3 is 91.0 Å². The average Bonchev–Trinajstić information content (AvgIpc) is 3.81. The number of rotatable bonds is 15. The molecule has 1 amide bonds. The average molecular weight is 924 g/mol. The summed E-state index contributed by atoms with van der Waals surface area (Å²) in [5.41, 5.74) is 7.43. The largest absolute Gasteiger partial charge is 0.481 e. The molecule has 0 aromatic carbocycles. The van der Waals surface area contributed by atoms with Crippen molar-refractivity contribution in [3.05, 3.63) is 36.7 Å². The van der Waals surface area contributed by atoms with E-state index in [0.29, 0.717) is 0 Å². The molecule has 2 aromatic rings. The van der Waals surface area contributed by atoms with Crippen molar-refractivity contribution in [3.63, 3.8) is 0 Å². The van der Waals surface area contributed by atoms with Crippen LogP contribution < -0.4 is 11.5 Å². The molecular formula is C27H40N7O23P3. The van der Waals surface area contributed by atoms with Gasteiger partial charge in [-0.05, 0) is 6.42 Å². The van der Waals surface area contributed by atoms with Crippen LogP contribution in [-0.4, -0.2) is 183 Å². The molecule has 0 saturated carbocycles. The summed E-state index contributed by atoms with van der Waals surface area (Å²) >= 11 is 0. The monoisotopic (exact) mass is 923 g/mol. The van der Waals surface area contributed by atoms with E-state index in [0.717, 1.165) is 17.2 Å². The predicted octanol–water partition coefficient (Wildman–Crippen LogP) is -6.04. The summed E-state index contributed by atoms with van der Waals surface area (Å²) in [4.78, 5) is 65.0. The van der Waals surface area contributed by atoms with Crippen LogP contribution in [0.2, 0.25) is 0 Å². The molecule has 6 unspecified atom stereocenters. The Kier molecular flexibility index (Phi) is 13.2. The second kappa shape index (κ2) is 17.0. The maximum atomic E-state index is 13.2. The smallest absolute Gasteiger partial charge is 0.388 e. The van der Waals surface area contributed by atoms with E-state index in [9.17, 15) is 78.9 Å². The highest BCUT2D eigenvalue weighted by Gasteiger charge is 2.69. The van der Waals surface area contributed by atoms with Crippen LogP contribution in [0.4, 0.5) is 5.82 Å². The fourth-order valence-corrected chi connectivity index (χ4v) is 9.41. The van der Waals surface area contributed by atoms with Gasteiger partial charge in [-0.25, -0.2) is 28.6 Å². The van der Waals surface area contributed by atoms with Crippen LogP contribution in [0.1, 0.15) is 12.6 Å². The Morgan fingerprint density at radius 1 is 0.967 bits per heavy atom. The van der Waals surface area contributed by atoms with Gasteiger partial charge in [-0.2, -0.15) is 4.31 Å². The van der Waals surface area contributed by atoms with E-state index in [2.05, 4.69) is 19.3 Å². The lowest BCUT2D eigenvalue weighted by Gasteiger charge is -2.49. The Labute approximate surface area is 334 Å². The van der Waals surface area contributed by atoms with Crippen molar-refractivity contribution < 1.29 is 111 Å². The van der Waals surface area contributed by atoms with E-state index >= 15 is 0 Å². The Morgan fingerprint density at radius 2 is 1.65 bits per heavy atom. The molecule has 16 N–H and O–H groups in total. The minimum atomic E-state index is -6.09. The van der Waals surface area contributed by atoms with E-state index in [-0.39, 0.29) is 29.0 Å². The molecule has 336 valence electrons. The number of nitrogens with zero attached hydrogens (tertiary/aromatic N) is 5. The summed E-state index contributed by atoms with van der Waals surface area (Å²) < 4.78 is 74.1. The highest BCUT2D eigenvalue weighted by atomic mass is 31.3. The minimum Gasteiger partial charge on any atom is -0.388 e. The molecule has 6 heterocycles. The molecule has 3 fully saturated rings. The number of aliphatic hydroxyl groups excluding tert-OH is 7. The molecule has 0 radical (unpaired) electrons. The van der Waals surface area contributed by atoms with Crippen LogP contribution in [0, 0.1) is 0 Å². The third kappa shape index (κ3) is 9.08. The number of primary amides is 1. The molecule has 3 saturated heterocycles. The highest BCUT2D eigenvalue weighted by Crippen LogP contribution is 2.62. The third-order valence-corrected chi connectivity index (χ3v) is 12.9. The van der Waals surface area contributed by atoms with Gasteiger partial charge >= 0.3 is 23.5 Å². The van der Waals surface area contributed by atoms with Crippen molar-refractivity contribution in [1.82, 2.24) is 24.4 Å². The number of carbonyl (C=O) groups excluding carboxylic acids is 1. The van der Waals surface area contributed by atoms with Gasteiger partial charge in [0.2, 0.25) is 11.7 Å². The van der Waals surface area contributed by atoms with Crippen molar-refractivity contribution in [2.75, 3.05) is 25.6 Å². The lowest BCUT2D eigenvalue weighted by Crippen LogP contribution is -2.73. The van der Waals surface area contributed by atoms with E-state index in [1.54, 1.807) is 0 Å². The maximum Gasteiger partial charge on any atom is 0.481 e. The van der Waals surface area contributed by atoms with Crippen molar-refractivity contribution in [2.45, 2.75) is 85.2 Å². The van der Waals surface area contributed by atoms with Crippen molar-refractivity contribution in [2.24, 2.45) is 5.73 Å². The van der Waals surface area contributed by atoms with Crippen molar-refractivity contribution in [1.29, 1.82) is 0 Å². The van der Waals surface area contributed by atoms with Gasteiger partial charge in [0.1, 0.15) is 66.8 Å². The number of imidazole rings is 1. The number of fused-ring (bicyclic) bond motifs is 1. The third-order valence-electron chi connectivity index (χ3n) is 9.76. The van der Waals surface area contributed by atoms with Gasteiger partial charge in [0.15, 0.2) is 29.5 Å². The summed E-state index contributed by atoms with van der Waals surface area (Å²) in [5, 5.41) is 87.0. The van der Waals surface area contributed by atoms with Crippen LogP contribution in [0.3, 0.4) is 0 Å². The molecule has 4 aliphatic heterocycles. The predicted molar refractivity (Wildman–Crippen MR) is 187 cm³/mol. The topological polar surface area (TPSA) is 475 Å². The Balaban J connectivity index is 1.26. The number of carbonyl (C=O) groups is 1. The highest BCUT2D eigenvalue weighted by molar-refractivity contribution is 7.61. The molecule has 33 heteroatoms. The number of hydrogen-bond donors (Lipinski definition) is 14. The lowest BCUT2D eigenvalue weighted by molar-refractivity contribution is -0.378. The Hall–Kier alpha value is -2.97. The van der Waals surface area contributed by atoms with Crippen molar-refractivity contribution >= 4 is 46.4 Å². The molecule has 0 aliphatic carbocycles. The molecule has 60 heavy (non-hydrogen) atoms. The van der Waals surface area contributed by atoms with Crippen molar-refractivity contribution in [3.8, 4) is 0 Å². The van der Waals surface area contributed by atoms with Crippen LogP contribution >= 0.6 is 23.5 Å². The van der Waals surface area contributed by atoms with Gasteiger partial charge in [0, 0.05) is 18.0 Å². The summed E-state index contributed by atoms with van der Waals surface area (Å²) in [5.74, 6) is -4.58. The number of amides is 1. The second-order valence-electron chi connectivity index (χ2n) is 13.7. The molecule has 6 rings (SSSR count). The number of ether oxygens (including phenoxy) is 3. The minimum absolute atomic E-state index is 0.0996. The molecule has 15 atom stereocenters. The quantitative estimate of drug-likeness (QED) is 0.0739. The number of nitrogens with two attached hydrogens (primary N) is 2. The first kappa shape index (κ1) is 46.5. The Bertz CT molecular complexity index is 2140. The fourth-order valence-electron chi connectivity index (χ4n) is 6.75. The van der Waals surface area contributed by atoms with Gasteiger partial charge in [-0.3, -0.25) is 22.9 Å². The lowest BCUT2D eigenvalue weighted by atomic mass is 9.80. The first-order valence-electron chi connectivity index (χ1n) is 17.0.